The molecule has 0 heterocycles. The monoisotopic (exact) mass is 221 g/mol. The van der Waals surface area contributed by atoms with Crippen LogP contribution in [0.3, 0.4) is 0 Å². The van der Waals surface area contributed by atoms with Crippen LogP contribution in [0.4, 0.5) is 0 Å². The van der Waals surface area contributed by atoms with Gasteiger partial charge >= 0.3 is 52.6 Å². The van der Waals surface area contributed by atoms with Gasteiger partial charge in [0.25, 0.3) is 0 Å². The zero-order chi connectivity index (χ0) is 7.71. The van der Waals surface area contributed by atoms with Crippen LogP contribution in [0, 0.1) is 0 Å². The minimum absolute atomic E-state index is 0. The van der Waals surface area contributed by atoms with Gasteiger partial charge in [0.05, 0.1) is 0 Å². The van der Waals surface area contributed by atoms with Gasteiger partial charge in [-0.3, -0.25) is 0 Å². The fraction of sp³-hybridized carbons (Fsp3) is 1.00. The molecule has 0 aliphatic rings. The molecule has 0 aromatic heterocycles. The third-order valence-corrected chi connectivity index (χ3v) is 2.60. The van der Waals surface area contributed by atoms with E-state index >= 15 is 0 Å². The number of hydrogen-bond donors (Lipinski definition) is 0. The van der Waals surface area contributed by atoms with Crippen LogP contribution in [0.15, 0.2) is 0 Å². The van der Waals surface area contributed by atoms with Gasteiger partial charge in [-0.25, -0.2) is 16.8 Å². The molecule has 0 amide bonds. The molecule has 10 heteroatoms. The van der Waals surface area contributed by atoms with E-state index in [0.717, 1.165) is 0 Å². The smallest absolute Gasteiger partial charge is 0.747 e. The summed E-state index contributed by atoms with van der Waals surface area (Å²) in [6, 6.07) is 0. The first-order valence-electron chi connectivity index (χ1n) is 1.58. The van der Waals surface area contributed by atoms with Gasteiger partial charge in [-0.1, -0.05) is 0 Å². The summed E-state index contributed by atoms with van der Waals surface area (Å²) in [5.74, 6) is 0. The summed E-state index contributed by atoms with van der Waals surface area (Å²) >= 11 is 0. The van der Waals surface area contributed by atoms with Crippen LogP contribution in [0.5, 0.6) is 0 Å². The van der Waals surface area contributed by atoms with Crippen molar-refractivity contribution in [2.24, 2.45) is 0 Å². The maximum absolute atomic E-state index is 9.51. The zero-order valence-corrected chi connectivity index (χ0v) is 10.7. The molecule has 56 valence electrons. The first-order chi connectivity index (χ1) is 3.71. The molecular weight excluding hydrogens is 219 g/mol. The summed E-state index contributed by atoms with van der Waals surface area (Å²) in [6.07, 6.45) is 0. The average Bonchev–Trinajstić information content (AvgIpc) is 1.14. The molecule has 0 rings (SSSR count). The predicted octanol–water partition coefficient (Wildman–Crippen LogP) is -5.34. The predicted molar refractivity (Wildman–Crippen MR) is 30.0 cm³/mol. The second-order valence-electron chi connectivity index (χ2n) is 1.23. The van der Waals surface area contributed by atoms with Crippen molar-refractivity contribution in [1.82, 2.24) is 0 Å². The van der Waals surface area contributed by atoms with E-state index in [2.05, 4.69) is 0 Å². The van der Waals surface area contributed by atoms with Gasteiger partial charge in [0.1, 0.15) is 25.3 Å². The van der Waals surface area contributed by atoms with Crippen molar-refractivity contribution < 1.29 is 55.5 Å². The normalized spacial score (nSPS) is 11.1. The summed E-state index contributed by atoms with van der Waals surface area (Å²) in [6.45, 7) is 0. The Morgan fingerprint density at radius 2 is 1.09 bits per heavy atom. The standard InChI is InChI=1S/CH4O6S2.Mg.Na/c2-8(3,4)1-9(5,6)7;;/h1H2,(H,2,3,4)(H,5,6,7);;/q;+2;+1/p-2. The molecule has 11 heavy (non-hydrogen) atoms. The maximum atomic E-state index is 9.51. The van der Waals surface area contributed by atoms with Gasteiger partial charge in [0.2, 0.25) is 0 Å². The Morgan fingerprint density at radius 3 is 1.09 bits per heavy atom. The van der Waals surface area contributed by atoms with Crippen molar-refractivity contribution in [3.8, 4) is 0 Å². The van der Waals surface area contributed by atoms with Crippen molar-refractivity contribution in [2.75, 3.05) is 5.08 Å². The largest absolute Gasteiger partial charge is 2.00 e. The number of hydrogen-bond acceptors (Lipinski definition) is 6. The first-order valence-corrected chi connectivity index (χ1v) is 4.73. The van der Waals surface area contributed by atoms with Gasteiger partial charge in [0, 0.05) is 0 Å². The SMILES string of the molecule is O=S(=O)([O-])CS(=O)(=O)[O-].[Mg+2].[Na+]. The third kappa shape index (κ3) is 18.5. The second-order valence-corrected chi connectivity index (χ2v) is 4.41. The average molecular weight is 221 g/mol. The fourth-order valence-electron chi connectivity index (χ4n) is 0.177. The van der Waals surface area contributed by atoms with Crippen LogP contribution >= 0.6 is 0 Å². The summed E-state index contributed by atoms with van der Waals surface area (Å²) in [5, 5.41) is -1.88. The molecule has 0 bridgehead atoms. The Morgan fingerprint density at radius 1 is 0.909 bits per heavy atom. The Labute approximate surface area is 103 Å². The second kappa shape index (κ2) is 6.10. The van der Waals surface area contributed by atoms with E-state index in [9.17, 15) is 25.9 Å². The minimum atomic E-state index is -4.93. The van der Waals surface area contributed by atoms with Gasteiger partial charge in [-0.2, -0.15) is 0 Å². The molecule has 0 saturated carbocycles. The number of rotatable bonds is 2. The van der Waals surface area contributed by atoms with E-state index in [0.29, 0.717) is 0 Å². The van der Waals surface area contributed by atoms with Crippen molar-refractivity contribution in [3.63, 3.8) is 0 Å². The van der Waals surface area contributed by atoms with Crippen LogP contribution in [-0.4, -0.2) is 54.1 Å². The van der Waals surface area contributed by atoms with Crippen LogP contribution in [-0.2, 0) is 20.2 Å². The zero-order valence-electron chi connectivity index (χ0n) is 5.68. The molecule has 0 fully saturated rings. The Bertz CT molecular complexity index is 246. The summed E-state index contributed by atoms with van der Waals surface area (Å²) in [4.78, 5) is 0. The van der Waals surface area contributed by atoms with Crippen LogP contribution < -0.4 is 29.6 Å². The van der Waals surface area contributed by atoms with Crippen LogP contribution in [0.2, 0.25) is 0 Å². The van der Waals surface area contributed by atoms with Gasteiger partial charge in [0.15, 0.2) is 0 Å². The Hall–Kier alpha value is 1.59. The Kier molecular flexibility index (Phi) is 10.2. The maximum Gasteiger partial charge on any atom is 2.00 e. The van der Waals surface area contributed by atoms with Crippen molar-refractivity contribution in [2.45, 2.75) is 0 Å². The van der Waals surface area contributed by atoms with Crippen LogP contribution in [0.1, 0.15) is 0 Å². The molecule has 0 atom stereocenters. The molecule has 0 saturated heterocycles. The van der Waals surface area contributed by atoms with Gasteiger partial charge in [-0.05, 0) is 0 Å². The Balaban J connectivity index is -0.000000320. The van der Waals surface area contributed by atoms with Gasteiger partial charge < -0.3 is 9.11 Å². The first kappa shape index (κ1) is 18.4. The molecule has 0 spiro atoms. The molecule has 0 N–H and O–H groups in total. The van der Waals surface area contributed by atoms with E-state index in [1.54, 1.807) is 0 Å². The van der Waals surface area contributed by atoms with Crippen molar-refractivity contribution in [1.29, 1.82) is 0 Å². The van der Waals surface area contributed by atoms with Crippen LogP contribution in [0.25, 0.3) is 0 Å². The molecule has 0 unspecified atom stereocenters. The van der Waals surface area contributed by atoms with E-state index in [4.69, 9.17) is 0 Å². The third-order valence-electron chi connectivity index (χ3n) is 0.289. The van der Waals surface area contributed by atoms with Crippen molar-refractivity contribution in [3.05, 3.63) is 0 Å². The molecule has 0 aromatic rings. The van der Waals surface area contributed by atoms with E-state index in [-0.39, 0.29) is 52.6 Å². The van der Waals surface area contributed by atoms with E-state index in [1.165, 1.54) is 0 Å². The van der Waals surface area contributed by atoms with E-state index in [1.807, 2.05) is 0 Å². The topological polar surface area (TPSA) is 114 Å². The minimum Gasteiger partial charge on any atom is -0.747 e. The van der Waals surface area contributed by atoms with E-state index < -0.39 is 25.3 Å². The molecule has 0 radical (unpaired) electrons. The fourth-order valence-corrected chi connectivity index (χ4v) is 1.59. The summed E-state index contributed by atoms with van der Waals surface area (Å²) < 4.78 is 57.1. The summed E-state index contributed by atoms with van der Waals surface area (Å²) in [7, 11) is -9.86. The van der Waals surface area contributed by atoms with Gasteiger partial charge in [-0.15, -0.1) is 0 Å². The molecule has 0 aliphatic heterocycles. The molecular formula is CH2MgNaO6S2+. The van der Waals surface area contributed by atoms with Crippen molar-refractivity contribution >= 4 is 43.3 Å². The molecule has 6 nitrogen and oxygen atoms in total. The quantitative estimate of drug-likeness (QED) is 0.340. The summed E-state index contributed by atoms with van der Waals surface area (Å²) in [5.41, 5.74) is 0. The molecule has 0 aliphatic carbocycles. The molecule has 0 aromatic carbocycles.